The summed E-state index contributed by atoms with van der Waals surface area (Å²) in [6.45, 7) is 8.17. The summed E-state index contributed by atoms with van der Waals surface area (Å²) in [4.78, 5) is 29.0. The molecule has 2 aliphatic rings. The van der Waals surface area contributed by atoms with Gasteiger partial charge >= 0.3 is 0 Å². The van der Waals surface area contributed by atoms with E-state index >= 15 is 0 Å². The molecule has 1 atom stereocenters. The van der Waals surface area contributed by atoms with Gasteiger partial charge in [-0.2, -0.15) is 0 Å². The average Bonchev–Trinajstić information content (AvgIpc) is 3.14. The summed E-state index contributed by atoms with van der Waals surface area (Å²) in [6, 6.07) is 6.76. The number of carbonyl (C=O) groups is 2. The number of nitrogens with zero attached hydrogens (tertiary/aromatic N) is 3. The smallest absolute Gasteiger partial charge is 0.290 e. The number of pyridine rings is 1. The number of ether oxygens (including phenoxy) is 1. The lowest BCUT2D eigenvalue weighted by atomic mass is 10.1. The summed E-state index contributed by atoms with van der Waals surface area (Å²) in [6.07, 6.45) is 9.14. The highest BCUT2D eigenvalue weighted by Crippen LogP contribution is 2.33. The fraction of sp³-hybridized carbons (Fsp3) is 0.522. The molecule has 0 spiro atoms. The normalized spacial score (nSPS) is 18.9. The van der Waals surface area contributed by atoms with E-state index in [1.165, 1.54) is 53.2 Å². The Hall–Kier alpha value is -2.49. The lowest BCUT2D eigenvalue weighted by Gasteiger charge is -2.25. The molecule has 176 valence electrons. The van der Waals surface area contributed by atoms with E-state index in [0.717, 1.165) is 32.8 Å². The zero-order chi connectivity index (χ0) is 23.2. The van der Waals surface area contributed by atoms with Gasteiger partial charge in [-0.3, -0.25) is 19.5 Å². The van der Waals surface area contributed by atoms with E-state index in [-0.39, 0.29) is 12.9 Å². The van der Waals surface area contributed by atoms with Crippen molar-refractivity contribution in [2.75, 3.05) is 37.7 Å². The fourth-order valence-corrected chi connectivity index (χ4v) is 5.17. The predicted octanol–water partition coefficient (Wildman–Crippen LogP) is 3.81. The summed E-state index contributed by atoms with van der Waals surface area (Å²) < 4.78 is 5.95. The van der Waals surface area contributed by atoms with Crippen molar-refractivity contribution in [1.29, 1.82) is 0 Å². The van der Waals surface area contributed by atoms with Crippen LogP contribution in [0.15, 0.2) is 30.6 Å². The maximum Gasteiger partial charge on any atom is 0.290 e. The summed E-state index contributed by atoms with van der Waals surface area (Å²) in [5.41, 5.74) is 2.62. The molecular weight excluding hydrogens is 430 g/mol. The Bertz CT molecular complexity index is 804. The maximum absolute atomic E-state index is 8.36. The first-order valence-electron chi connectivity index (χ1n) is 10.9. The number of aromatic nitrogens is 1. The molecule has 32 heavy (non-hydrogen) atoms. The Morgan fingerprint density at radius 2 is 1.88 bits per heavy atom. The number of carboxylic acid groups (broad SMARTS) is 2. The topological polar surface area (TPSA) is 103 Å². The first-order valence-corrected chi connectivity index (χ1v) is 11.7. The standard InChI is InChI=1S/C21H29N3OS.2CH2O2/c1-17-15-22-9-8-19(17)24-11-4-10-23(12-13-24)16-18-6-7-21(26-18)20-5-2-3-14-25-20;2*2-1-3/h6-9,15,20H,2-5,10-14,16H2,1H3;2*1H,(H,2,3). The van der Waals surface area contributed by atoms with E-state index in [1.54, 1.807) is 0 Å². The summed E-state index contributed by atoms with van der Waals surface area (Å²) in [5.74, 6) is 0. The van der Waals surface area contributed by atoms with Crippen LogP contribution in [0.25, 0.3) is 0 Å². The van der Waals surface area contributed by atoms with Crippen molar-refractivity contribution in [2.45, 2.75) is 45.3 Å². The SMILES string of the molecule is Cc1cnccc1N1CCCN(Cc2ccc(C3CCCCO3)s2)CC1.O=CO.O=CO. The maximum atomic E-state index is 8.36. The predicted molar refractivity (Wildman–Crippen MR) is 125 cm³/mol. The van der Waals surface area contributed by atoms with Crippen LogP contribution < -0.4 is 4.90 Å². The summed E-state index contributed by atoms with van der Waals surface area (Å²) >= 11 is 1.95. The van der Waals surface area contributed by atoms with E-state index in [0.29, 0.717) is 6.10 Å². The largest absolute Gasteiger partial charge is 0.483 e. The molecule has 2 aliphatic heterocycles. The number of hydrogen-bond donors (Lipinski definition) is 2. The van der Waals surface area contributed by atoms with Gasteiger partial charge in [-0.1, -0.05) is 0 Å². The molecule has 2 saturated heterocycles. The van der Waals surface area contributed by atoms with Gasteiger partial charge in [-0.15, -0.1) is 11.3 Å². The molecule has 2 aromatic rings. The highest BCUT2D eigenvalue weighted by molar-refractivity contribution is 7.12. The van der Waals surface area contributed by atoms with Crippen molar-refractivity contribution in [3.05, 3.63) is 45.9 Å². The van der Waals surface area contributed by atoms with Crippen LogP contribution in [0.2, 0.25) is 0 Å². The molecule has 2 fully saturated rings. The monoisotopic (exact) mass is 463 g/mol. The Labute approximate surface area is 193 Å². The second-order valence-corrected chi connectivity index (χ2v) is 8.85. The van der Waals surface area contributed by atoms with Crippen LogP contribution in [0.3, 0.4) is 0 Å². The number of aryl methyl sites for hydroxylation is 1. The van der Waals surface area contributed by atoms with Gasteiger partial charge in [0.1, 0.15) is 0 Å². The van der Waals surface area contributed by atoms with Gasteiger partial charge < -0.3 is 19.8 Å². The zero-order valence-corrected chi connectivity index (χ0v) is 19.4. The molecule has 2 N–H and O–H groups in total. The van der Waals surface area contributed by atoms with Crippen LogP contribution >= 0.6 is 11.3 Å². The molecule has 4 heterocycles. The molecule has 0 saturated carbocycles. The number of anilines is 1. The third kappa shape index (κ3) is 8.22. The van der Waals surface area contributed by atoms with Crippen molar-refractivity contribution < 1.29 is 24.5 Å². The van der Waals surface area contributed by atoms with Gasteiger partial charge in [0.2, 0.25) is 0 Å². The number of thiophene rings is 1. The van der Waals surface area contributed by atoms with Crippen LogP contribution in [0.1, 0.15) is 47.1 Å². The molecule has 0 aliphatic carbocycles. The van der Waals surface area contributed by atoms with Crippen LogP contribution in [0, 0.1) is 6.92 Å². The third-order valence-corrected chi connectivity index (χ3v) is 6.64. The highest BCUT2D eigenvalue weighted by Gasteiger charge is 2.20. The molecule has 8 nitrogen and oxygen atoms in total. The minimum absolute atomic E-state index is 0.250. The van der Waals surface area contributed by atoms with Crippen LogP contribution in [-0.2, 0) is 20.9 Å². The van der Waals surface area contributed by atoms with E-state index in [4.69, 9.17) is 24.5 Å². The van der Waals surface area contributed by atoms with Gasteiger partial charge in [0.15, 0.2) is 0 Å². The highest BCUT2D eigenvalue weighted by atomic mass is 32.1. The quantitative estimate of drug-likeness (QED) is 0.660. The Balaban J connectivity index is 0.000000547. The second-order valence-electron chi connectivity index (χ2n) is 7.65. The molecule has 2 aromatic heterocycles. The summed E-state index contributed by atoms with van der Waals surface area (Å²) in [7, 11) is 0. The van der Waals surface area contributed by atoms with Crippen molar-refractivity contribution in [3.63, 3.8) is 0 Å². The van der Waals surface area contributed by atoms with Crippen molar-refractivity contribution in [1.82, 2.24) is 9.88 Å². The Kier molecular flexibility index (Phi) is 11.7. The summed E-state index contributed by atoms with van der Waals surface area (Å²) in [5, 5.41) is 13.8. The second kappa shape index (κ2) is 14.5. The molecular formula is C23H33N3O5S. The molecule has 0 radical (unpaired) electrons. The molecule has 0 aromatic carbocycles. The van der Waals surface area contributed by atoms with Gasteiger partial charge in [-0.25, -0.2) is 0 Å². The minimum atomic E-state index is -0.250. The van der Waals surface area contributed by atoms with Crippen molar-refractivity contribution in [2.24, 2.45) is 0 Å². The van der Waals surface area contributed by atoms with Crippen LogP contribution in [0.4, 0.5) is 5.69 Å². The zero-order valence-electron chi connectivity index (χ0n) is 18.6. The van der Waals surface area contributed by atoms with Crippen molar-refractivity contribution >= 4 is 30.0 Å². The van der Waals surface area contributed by atoms with Gasteiger partial charge in [0.05, 0.1) is 6.10 Å². The number of hydrogen-bond acceptors (Lipinski definition) is 7. The fourth-order valence-electron chi connectivity index (χ4n) is 4.03. The van der Waals surface area contributed by atoms with E-state index in [9.17, 15) is 0 Å². The Morgan fingerprint density at radius 3 is 2.56 bits per heavy atom. The minimum Gasteiger partial charge on any atom is -0.483 e. The first kappa shape index (κ1) is 25.8. The molecule has 0 bridgehead atoms. The molecule has 1 unspecified atom stereocenters. The number of rotatable bonds is 4. The van der Waals surface area contributed by atoms with E-state index < -0.39 is 0 Å². The van der Waals surface area contributed by atoms with E-state index in [2.05, 4.69) is 39.9 Å². The first-order chi connectivity index (χ1) is 15.6. The van der Waals surface area contributed by atoms with Crippen LogP contribution in [-0.4, -0.2) is 65.8 Å². The average molecular weight is 464 g/mol. The molecule has 9 heteroatoms. The third-order valence-electron chi connectivity index (χ3n) is 5.48. The van der Waals surface area contributed by atoms with Gasteiger partial charge in [0.25, 0.3) is 12.9 Å². The Morgan fingerprint density at radius 1 is 1.09 bits per heavy atom. The van der Waals surface area contributed by atoms with Gasteiger partial charge in [0, 0.05) is 67.2 Å². The molecule has 4 rings (SSSR count). The lowest BCUT2D eigenvalue weighted by molar-refractivity contribution is -0.123. The van der Waals surface area contributed by atoms with Crippen molar-refractivity contribution in [3.8, 4) is 0 Å². The van der Waals surface area contributed by atoms with E-state index in [1.807, 2.05) is 23.7 Å². The molecule has 0 amide bonds. The lowest BCUT2D eigenvalue weighted by Crippen LogP contribution is -2.30. The van der Waals surface area contributed by atoms with Crippen LogP contribution in [0.5, 0.6) is 0 Å². The van der Waals surface area contributed by atoms with Gasteiger partial charge in [-0.05, 0) is 56.4 Å².